The number of hydrogen-bond donors (Lipinski definition) is 0. The molecular formula is C20H27NO2. The van der Waals surface area contributed by atoms with Gasteiger partial charge in [-0.05, 0) is 42.4 Å². The van der Waals surface area contributed by atoms with E-state index in [1.165, 1.54) is 48.3 Å². The predicted molar refractivity (Wildman–Crippen MR) is 94.4 cm³/mol. The first-order valence-corrected chi connectivity index (χ1v) is 8.72. The van der Waals surface area contributed by atoms with E-state index in [4.69, 9.17) is 0 Å². The van der Waals surface area contributed by atoms with Crippen LogP contribution < -0.4 is 4.90 Å². The number of imide groups is 1. The van der Waals surface area contributed by atoms with E-state index >= 15 is 0 Å². The van der Waals surface area contributed by atoms with Gasteiger partial charge in [-0.3, -0.25) is 9.59 Å². The molecule has 124 valence electrons. The van der Waals surface area contributed by atoms with E-state index in [-0.39, 0.29) is 11.8 Å². The van der Waals surface area contributed by atoms with Crippen molar-refractivity contribution >= 4 is 17.5 Å². The molecule has 1 aliphatic rings. The molecule has 1 aromatic carbocycles. The van der Waals surface area contributed by atoms with E-state index in [1.54, 1.807) is 0 Å². The molecular weight excluding hydrogens is 286 g/mol. The first-order valence-electron chi connectivity index (χ1n) is 8.72. The number of nitrogens with zero attached hydrogens (tertiary/aromatic N) is 1. The highest BCUT2D eigenvalue weighted by atomic mass is 16.2. The molecule has 1 heterocycles. The Morgan fingerprint density at radius 2 is 1.52 bits per heavy atom. The Hall–Kier alpha value is -1.90. The number of anilines is 1. The quantitative estimate of drug-likeness (QED) is 0.645. The third kappa shape index (κ3) is 4.31. The second-order valence-electron chi connectivity index (χ2n) is 6.51. The average molecular weight is 313 g/mol. The van der Waals surface area contributed by atoms with Gasteiger partial charge < -0.3 is 0 Å². The van der Waals surface area contributed by atoms with Crippen LogP contribution >= 0.6 is 0 Å². The van der Waals surface area contributed by atoms with E-state index in [2.05, 4.69) is 32.9 Å². The minimum atomic E-state index is -0.261. The molecule has 23 heavy (non-hydrogen) atoms. The van der Waals surface area contributed by atoms with Crippen molar-refractivity contribution in [3.63, 3.8) is 0 Å². The summed E-state index contributed by atoms with van der Waals surface area (Å²) in [4.78, 5) is 24.7. The summed E-state index contributed by atoms with van der Waals surface area (Å²) in [6.07, 6.45) is 8.74. The van der Waals surface area contributed by atoms with Gasteiger partial charge in [-0.25, -0.2) is 4.90 Å². The number of carbonyl (C=O) groups excluding carboxylic acids is 2. The summed E-state index contributed by atoms with van der Waals surface area (Å²) in [6.45, 7) is 6.79. The van der Waals surface area contributed by atoms with Gasteiger partial charge >= 0.3 is 0 Å². The normalized spacial score (nSPS) is 16.9. The molecule has 0 N–H and O–H groups in total. The van der Waals surface area contributed by atoms with E-state index in [9.17, 15) is 9.59 Å². The molecule has 0 bridgehead atoms. The fraction of sp³-hybridized carbons (Fsp3) is 0.500. The molecule has 0 saturated heterocycles. The Bertz CT molecular complexity index is 556. The van der Waals surface area contributed by atoms with Gasteiger partial charge in [0, 0.05) is 12.2 Å². The van der Waals surface area contributed by atoms with Gasteiger partial charge in [0.1, 0.15) is 0 Å². The topological polar surface area (TPSA) is 37.4 Å². The van der Waals surface area contributed by atoms with E-state index < -0.39 is 0 Å². The van der Waals surface area contributed by atoms with Crippen molar-refractivity contribution in [2.45, 2.75) is 58.8 Å². The van der Waals surface area contributed by atoms with Crippen molar-refractivity contribution in [1.82, 2.24) is 0 Å². The van der Waals surface area contributed by atoms with Crippen LogP contribution in [0, 0.1) is 5.92 Å². The minimum absolute atomic E-state index is 0.261. The summed E-state index contributed by atoms with van der Waals surface area (Å²) in [7, 11) is 0. The summed E-state index contributed by atoms with van der Waals surface area (Å²) < 4.78 is 0. The molecule has 3 nitrogen and oxygen atoms in total. The van der Waals surface area contributed by atoms with Crippen molar-refractivity contribution in [3.8, 4) is 0 Å². The summed E-state index contributed by atoms with van der Waals surface area (Å²) >= 11 is 0. The monoisotopic (exact) mass is 313 g/mol. The van der Waals surface area contributed by atoms with Gasteiger partial charge in [0.25, 0.3) is 11.8 Å². The Labute approximate surface area is 139 Å². The average Bonchev–Trinajstić information content (AvgIpc) is 2.88. The number of carbonyl (C=O) groups is 2. The van der Waals surface area contributed by atoms with E-state index in [0.29, 0.717) is 11.6 Å². The first-order chi connectivity index (χ1) is 11.1. The number of hydrogen-bond acceptors (Lipinski definition) is 2. The van der Waals surface area contributed by atoms with Crippen LogP contribution in [-0.2, 0) is 9.59 Å². The highest BCUT2D eigenvalue weighted by Crippen LogP contribution is 2.29. The van der Waals surface area contributed by atoms with E-state index in [0.717, 1.165) is 12.3 Å². The molecule has 3 heteroatoms. The molecule has 1 aromatic rings. The maximum absolute atomic E-state index is 11.7. The lowest BCUT2D eigenvalue weighted by molar-refractivity contribution is -0.119. The Morgan fingerprint density at radius 3 is 2.04 bits per heavy atom. The van der Waals surface area contributed by atoms with Crippen LogP contribution in [0.3, 0.4) is 0 Å². The van der Waals surface area contributed by atoms with Gasteiger partial charge in [-0.15, -0.1) is 0 Å². The van der Waals surface area contributed by atoms with Crippen molar-refractivity contribution in [1.29, 1.82) is 0 Å². The van der Waals surface area contributed by atoms with Crippen molar-refractivity contribution in [2.24, 2.45) is 5.92 Å². The molecule has 0 fully saturated rings. The number of benzene rings is 1. The summed E-state index contributed by atoms with van der Waals surface area (Å²) in [6, 6.07) is 7.90. The van der Waals surface area contributed by atoms with Crippen LogP contribution in [0.5, 0.6) is 0 Å². The lowest BCUT2D eigenvalue weighted by Crippen LogP contribution is -2.29. The van der Waals surface area contributed by atoms with Crippen molar-refractivity contribution in [3.05, 3.63) is 42.0 Å². The van der Waals surface area contributed by atoms with Gasteiger partial charge in [-0.2, -0.15) is 0 Å². The summed E-state index contributed by atoms with van der Waals surface area (Å²) in [5.74, 6) is 0.803. The van der Waals surface area contributed by atoms with Crippen molar-refractivity contribution in [2.75, 3.05) is 4.90 Å². The molecule has 2 atom stereocenters. The van der Waals surface area contributed by atoms with Crippen LogP contribution in [-0.4, -0.2) is 11.8 Å². The Kier molecular flexibility index (Phi) is 6.14. The molecule has 0 saturated carbocycles. The smallest absolute Gasteiger partial charge is 0.258 e. The zero-order chi connectivity index (χ0) is 16.8. The molecule has 2 rings (SSSR count). The Morgan fingerprint density at radius 1 is 0.913 bits per heavy atom. The second kappa shape index (κ2) is 8.09. The molecule has 1 aliphatic heterocycles. The van der Waals surface area contributed by atoms with Crippen LogP contribution in [0.2, 0.25) is 0 Å². The summed E-state index contributed by atoms with van der Waals surface area (Å²) in [5.41, 5.74) is 1.95. The van der Waals surface area contributed by atoms with E-state index in [1.807, 2.05) is 12.1 Å². The zero-order valence-corrected chi connectivity index (χ0v) is 14.4. The van der Waals surface area contributed by atoms with Crippen LogP contribution in [0.1, 0.15) is 64.4 Å². The third-order valence-corrected chi connectivity index (χ3v) is 4.71. The van der Waals surface area contributed by atoms with Crippen LogP contribution in [0.25, 0.3) is 0 Å². The third-order valence-electron chi connectivity index (χ3n) is 4.71. The number of rotatable bonds is 8. The van der Waals surface area contributed by atoms with Crippen LogP contribution in [0.4, 0.5) is 5.69 Å². The highest BCUT2D eigenvalue weighted by Gasteiger charge is 2.25. The van der Waals surface area contributed by atoms with Gasteiger partial charge in [0.15, 0.2) is 0 Å². The Balaban J connectivity index is 2.02. The summed E-state index contributed by atoms with van der Waals surface area (Å²) in [5, 5.41) is 0. The van der Waals surface area contributed by atoms with Gasteiger partial charge in [0.2, 0.25) is 0 Å². The maximum Gasteiger partial charge on any atom is 0.258 e. The molecule has 2 amide bonds. The largest absolute Gasteiger partial charge is 0.269 e. The first kappa shape index (κ1) is 17.5. The number of amides is 2. The fourth-order valence-corrected chi connectivity index (χ4v) is 3.28. The molecule has 0 radical (unpaired) electrons. The predicted octanol–water partition coefficient (Wildman–Crippen LogP) is 4.83. The molecule has 2 unspecified atom stereocenters. The minimum Gasteiger partial charge on any atom is -0.269 e. The molecule has 0 spiro atoms. The second-order valence-corrected chi connectivity index (χ2v) is 6.51. The standard InChI is InChI=1S/C20H27NO2/c1-4-6-15(3)7-8-16(5-2)17-9-11-18(12-10-17)21-19(22)13-14-20(21)23/h9-16H,4-8H2,1-3H3. The SMILES string of the molecule is CCCC(C)CCC(CC)c1ccc(N2C(=O)C=CC2=O)cc1. The molecule has 0 aliphatic carbocycles. The van der Waals surface area contributed by atoms with Crippen molar-refractivity contribution < 1.29 is 9.59 Å². The molecule has 0 aromatic heterocycles. The fourth-order valence-electron chi connectivity index (χ4n) is 3.28. The maximum atomic E-state index is 11.7. The van der Waals surface area contributed by atoms with Crippen LogP contribution in [0.15, 0.2) is 36.4 Å². The lowest BCUT2D eigenvalue weighted by atomic mass is 9.88. The highest BCUT2D eigenvalue weighted by molar-refractivity contribution is 6.28. The lowest BCUT2D eigenvalue weighted by Gasteiger charge is -2.20. The zero-order valence-electron chi connectivity index (χ0n) is 14.4. The van der Waals surface area contributed by atoms with Gasteiger partial charge in [0.05, 0.1) is 5.69 Å². The van der Waals surface area contributed by atoms with Gasteiger partial charge in [-0.1, -0.05) is 52.2 Å².